The average molecular weight is 522 g/mol. The number of aliphatic hydroxyl groups excluding tert-OH is 1. The zero-order chi connectivity index (χ0) is 24.0. The maximum atomic E-state index is 13.7. The second-order valence-corrected chi connectivity index (χ2v) is 11.4. The van der Waals surface area contributed by atoms with Crippen molar-refractivity contribution < 1.29 is 24.2 Å². The number of aliphatic hydroxyl groups is 1. The van der Waals surface area contributed by atoms with E-state index in [9.17, 15) is 19.5 Å². The first-order valence-electron chi connectivity index (χ1n) is 11.5. The first kappa shape index (κ1) is 24.2. The minimum Gasteiger partial charge on any atom is -0.396 e. The molecule has 3 fully saturated rings. The molecule has 8 nitrogen and oxygen atoms in total. The quantitative estimate of drug-likeness (QED) is 0.376. The van der Waals surface area contributed by atoms with Crippen molar-refractivity contribution in [3.05, 3.63) is 30.3 Å². The van der Waals surface area contributed by atoms with Gasteiger partial charge in [0.1, 0.15) is 11.6 Å². The number of halogens is 1. The second-order valence-electron chi connectivity index (χ2n) is 10.2. The summed E-state index contributed by atoms with van der Waals surface area (Å²) in [4.78, 5) is 42.0. The van der Waals surface area contributed by atoms with Gasteiger partial charge in [0.05, 0.1) is 17.9 Å². The first-order chi connectivity index (χ1) is 15.6. The van der Waals surface area contributed by atoms with Gasteiger partial charge in [0.25, 0.3) is 0 Å². The number of likely N-dealkylation sites (tertiary alicyclic amines) is 1. The lowest BCUT2D eigenvalue weighted by atomic mass is 9.70. The SMILES string of the molecule is CC(C)(C)NC(=O)C1N(CCCCO)C(=O)[C@@H]2[C@@H](C(=O)Nc3ccccc3)[C@@H]3OC12CC3Br. The number of rotatable bonds is 7. The average Bonchev–Trinajstić information content (AvgIpc) is 3.31. The molecule has 1 aromatic carbocycles. The maximum Gasteiger partial charge on any atom is 0.246 e. The normalized spacial score (nSPS) is 32.7. The van der Waals surface area contributed by atoms with Crippen LogP contribution in [0.2, 0.25) is 0 Å². The Morgan fingerprint density at radius 3 is 2.55 bits per heavy atom. The predicted molar refractivity (Wildman–Crippen MR) is 127 cm³/mol. The molecule has 0 aliphatic carbocycles. The molecule has 3 aliphatic heterocycles. The van der Waals surface area contributed by atoms with Gasteiger partial charge in [-0.25, -0.2) is 0 Å². The highest BCUT2D eigenvalue weighted by Gasteiger charge is 2.76. The Balaban J connectivity index is 1.68. The fourth-order valence-electron chi connectivity index (χ4n) is 5.55. The van der Waals surface area contributed by atoms with Gasteiger partial charge in [-0.05, 0) is 52.2 Å². The number of unbranched alkanes of at least 4 members (excludes halogenated alkanes) is 1. The molecule has 3 N–H and O–H groups in total. The summed E-state index contributed by atoms with van der Waals surface area (Å²) in [6.45, 7) is 6.02. The van der Waals surface area contributed by atoms with Gasteiger partial charge in [0.15, 0.2) is 0 Å². The molecular weight excluding hydrogens is 490 g/mol. The number of para-hydroxylation sites is 1. The van der Waals surface area contributed by atoms with Gasteiger partial charge in [-0.15, -0.1) is 0 Å². The van der Waals surface area contributed by atoms with Crippen molar-refractivity contribution in [3.8, 4) is 0 Å². The topological polar surface area (TPSA) is 108 Å². The largest absolute Gasteiger partial charge is 0.396 e. The number of hydrogen-bond acceptors (Lipinski definition) is 5. The number of anilines is 1. The molecule has 0 aromatic heterocycles. The molecule has 2 bridgehead atoms. The molecule has 180 valence electrons. The van der Waals surface area contributed by atoms with Crippen LogP contribution in [0.4, 0.5) is 5.69 Å². The minimum atomic E-state index is -1.07. The summed E-state index contributed by atoms with van der Waals surface area (Å²) < 4.78 is 6.44. The standard InChI is InChI=1S/C24H32BrN3O5/c1-23(2,3)27-21(31)19-24-13-15(25)18(33-24)16(20(30)26-14-9-5-4-6-10-14)17(24)22(32)28(19)11-7-8-12-29/h4-6,9-10,15-19,29H,7-8,11-13H2,1-3H3,(H,26,30)(H,27,31)/t15?,16-,17+,18-,19?,24?/m1/s1. The van der Waals surface area contributed by atoms with E-state index in [4.69, 9.17) is 4.74 Å². The number of ether oxygens (including phenoxy) is 1. The number of fused-ring (bicyclic) bond motifs is 1. The van der Waals surface area contributed by atoms with Crippen LogP contribution in [0.1, 0.15) is 40.0 Å². The van der Waals surface area contributed by atoms with E-state index >= 15 is 0 Å². The molecule has 6 atom stereocenters. The zero-order valence-corrected chi connectivity index (χ0v) is 20.8. The summed E-state index contributed by atoms with van der Waals surface area (Å²) in [5, 5.41) is 15.2. The van der Waals surface area contributed by atoms with Gasteiger partial charge < -0.3 is 25.4 Å². The van der Waals surface area contributed by atoms with E-state index in [2.05, 4.69) is 26.6 Å². The van der Waals surface area contributed by atoms with Crippen molar-refractivity contribution in [1.29, 1.82) is 0 Å². The van der Waals surface area contributed by atoms with Crippen molar-refractivity contribution in [1.82, 2.24) is 10.2 Å². The van der Waals surface area contributed by atoms with Crippen LogP contribution < -0.4 is 10.6 Å². The molecule has 1 spiro atoms. The summed E-state index contributed by atoms with van der Waals surface area (Å²) in [7, 11) is 0. The van der Waals surface area contributed by atoms with Crippen LogP contribution in [0.25, 0.3) is 0 Å². The van der Waals surface area contributed by atoms with E-state index in [1.54, 1.807) is 17.0 Å². The van der Waals surface area contributed by atoms with E-state index in [1.807, 2.05) is 39.0 Å². The second kappa shape index (κ2) is 9.00. The number of hydrogen-bond donors (Lipinski definition) is 3. The van der Waals surface area contributed by atoms with E-state index in [-0.39, 0.29) is 29.2 Å². The fraction of sp³-hybridized carbons (Fsp3) is 0.625. The van der Waals surface area contributed by atoms with Crippen LogP contribution in [0.15, 0.2) is 30.3 Å². The number of amides is 3. The monoisotopic (exact) mass is 521 g/mol. The van der Waals surface area contributed by atoms with Crippen LogP contribution in [-0.2, 0) is 19.1 Å². The molecular formula is C24H32BrN3O5. The molecule has 9 heteroatoms. The van der Waals surface area contributed by atoms with Crippen molar-refractivity contribution in [2.24, 2.45) is 11.8 Å². The molecule has 33 heavy (non-hydrogen) atoms. The van der Waals surface area contributed by atoms with Gasteiger partial charge in [-0.2, -0.15) is 0 Å². The molecule has 3 aliphatic rings. The lowest BCUT2D eigenvalue weighted by Crippen LogP contribution is -2.58. The van der Waals surface area contributed by atoms with Crippen LogP contribution in [-0.4, -0.2) is 69.0 Å². The lowest BCUT2D eigenvalue weighted by Gasteiger charge is -2.36. The van der Waals surface area contributed by atoms with Gasteiger partial charge in [0, 0.05) is 29.2 Å². The van der Waals surface area contributed by atoms with E-state index < -0.39 is 35.1 Å². The highest BCUT2D eigenvalue weighted by molar-refractivity contribution is 9.09. The molecule has 0 radical (unpaired) electrons. The molecule has 4 rings (SSSR count). The van der Waals surface area contributed by atoms with Crippen LogP contribution in [0.3, 0.4) is 0 Å². The van der Waals surface area contributed by atoms with E-state index in [0.29, 0.717) is 31.5 Å². The van der Waals surface area contributed by atoms with E-state index in [1.165, 1.54) is 0 Å². The van der Waals surface area contributed by atoms with Crippen LogP contribution >= 0.6 is 15.9 Å². The number of carbonyl (C=O) groups is 3. The Morgan fingerprint density at radius 2 is 1.91 bits per heavy atom. The Hall–Kier alpha value is -1.97. The van der Waals surface area contributed by atoms with Crippen molar-refractivity contribution in [2.75, 3.05) is 18.5 Å². The molecule has 1 aromatic rings. The predicted octanol–water partition coefficient (Wildman–Crippen LogP) is 2.06. The van der Waals surface area contributed by atoms with Crippen molar-refractivity contribution in [3.63, 3.8) is 0 Å². The minimum absolute atomic E-state index is 0.0135. The summed E-state index contributed by atoms with van der Waals surface area (Å²) in [5.41, 5.74) is -0.902. The third kappa shape index (κ3) is 4.31. The highest BCUT2D eigenvalue weighted by atomic mass is 79.9. The molecule has 0 saturated carbocycles. The van der Waals surface area contributed by atoms with Crippen molar-refractivity contribution >= 4 is 39.3 Å². The Kier molecular flexibility index (Phi) is 6.59. The van der Waals surface area contributed by atoms with Gasteiger partial charge in [0.2, 0.25) is 17.7 Å². The Labute approximate surface area is 202 Å². The molecule has 3 unspecified atom stereocenters. The van der Waals surface area contributed by atoms with Crippen LogP contribution in [0.5, 0.6) is 0 Å². The maximum absolute atomic E-state index is 13.7. The van der Waals surface area contributed by atoms with Crippen LogP contribution in [0, 0.1) is 11.8 Å². The summed E-state index contributed by atoms with van der Waals surface area (Å²) in [6.07, 6.45) is 1.07. The first-order valence-corrected chi connectivity index (χ1v) is 12.4. The summed E-state index contributed by atoms with van der Waals surface area (Å²) in [6, 6.07) is 8.29. The molecule has 3 saturated heterocycles. The number of nitrogens with zero attached hydrogens (tertiary/aromatic N) is 1. The van der Waals surface area contributed by atoms with Crippen molar-refractivity contribution in [2.45, 2.75) is 68.1 Å². The number of nitrogens with one attached hydrogen (secondary N) is 2. The highest BCUT2D eigenvalue weighted by Crippen LogP contribution is 2.60. The fourth-order valence-corrected chi connectivity index (χ4v) is 6.49. The number of carbonyl (C=O) groups excluding carboxylic acids is 3. The summed E-state index contributed by atoms with van der Waals surface area (Å²) in [5.74, 6) is -2.21. The van der Waals surface area contributed by atoms with Gasteiger partial charge in [-0.1, -0.05) is 34.1 Å². The molecule has 3 amide bonds. The third-order valence-electron chi connectivity index (χ3n) is 6.69. The molecule has 3 heterocycles. The summed E-state index contributed by atoms with van der Waals surface area (Å²) >= 11 is 3.66. The zero-order valence-electron chi connectivity index (χ0n) is 19.2. The van der Waals surface area contributed by atoms with Gasteiger partial charge in [-0.3, -0.25) is 14.4 Å². The Bertz CT molecular complexity index is 920. The Morgan fingerprint density at radius 1 is 1.21 bits per heavy atom. The lowest BCUT2D eigenvalue weighted by molar-refractivity contribution is -0.142. The smallest absolute Gasteiger partial charge is 0.246 e. The van der Waals surface area contributed by atoms with Gasteiger partial charge >= 0.3 is 0 Å². The number of alkyl halides is 1. The number of benzene rings is 1. The third-order valence-corrected chi connectivity index (χ3v) is 7.53. The van der Waals surface area contributed by atoms with E-state index in [0.717, 1.165) is 0 Å².